The van der Waals surface area contributed by atoms with Crippen LogP contribution in [0, 0.1) is 5.92 Å². The molecule has 5 rings (SSSR count). The minimum atomic E-state index is -3.71. The van der Waals surface area contributed by atoms with Crippen molar-refractivity contribution >= 4 is 45.1 Å². The van der Waals surface area contributed by atoms with Gasteiger partial charge in [-0.25, -0.2) is 8.42 Å². The summed E-state index contributed by atoms with van der Waals surface area (Å²) in [6.45, 7) is 3.85. The van der Waals surface area contributed by atoms with Crippen LogP contribution in [-0.2, 0) is 24.3 Å². The molecule has 3 fully saturated rings. The molecule has 2 aromatic rings. The molecule has 1 aliphatic carbocycles. The van der Waals surface area contributed by atoms with Gasteiger partial charge in [-0.1, -0.05) is 47.5 Å². The zero-order valence-corrected chi connectivity index (χ0v) is 24.8. The molecule has 11 heteroatoms. The molecule has 2 heterocycles. The summed E-state index contributed by atoms with van der Waals surface area (Å²) >= 11 is 12.6. The van der Waals surface area contributed by atoms with Gasteiger partial charge in [-0.05, 0) is 80.8 Å². The number of ether oxygens (including phenoxy) is 1. The first-order valence-electron chi connectivity index (χ1n) is 13.6. The fraction of sp³-hybridized carbons (Fsp3) is 0.517. The van der Waals surface area contributed by atoms with E-state index in [0.717, 1.165) is 25.7 Å². The number of hydrogen-bond acceptors (Lipinski definition) is 5. The molecule has 0 radical (unpaired) electrons. The first-order valence-corrected chi connectivity index (χ1v) is 16.0. The predicted octanol–water partition coefficient (Wildman–Crippen LogP) is 5.46. The number of halogens is 2. The van der Waals surface area contributed by atoms with Crippen molar-refractivity contribution in [3.63, 3.8) is 0 Å². The zero-order valence-electron chi connectivity index (χ0n) is 22.5. The molecule has 2 aliphatic heterocycles. The number of amides is 1. The summed E-state index contributed by atoms with van der Waals surface area (Å²) in [5.41, 5.74) is -0.357. The maximum atomic E-state index is 14.4. The molecule has 1 N–H and O–H groups in total. The topological polar surface area (TPSA) is 104 Å². The maximum absolute atomic E-state index is 14.4. The quantitative estimate of drug-likeness (QED) is 0.405. The van der Waals surface area contributed by atoms with Gasteiger partial charge in [0.25, 0.3) is 5.91 Å². The largest absolute Gasteiger partial charge is 0.481 e. The van der Waals surface area contributed by atoms with E-state index in [1.165, 1.54) is 6.92 Å². The molecule has 40 heavy (non-hydrogen) atoms. The van der Waals surface area contributed by atoms with Crippen molar-refractivity contribution in [1.82, 2.24) is 9.21 Å². The van der Waals surface area contributed by atoms with Crippen LogP contribution in [0.1, 0.15) is 69.2 Å². The Bertz CT molecular complexity index is 1380. The number of carbonyl (C=O) groups is 2. The smallest absolute Gasteiger partial charge is 0.306 e. The average Bonchev–Trinajstić information content (AvgIpc) is 3.63. The third kappa shape index (κ3) is 5.90. The summed E-state index contributed by atoms with van der Waals surface area (Å²) in [6, 6.07) is 12.6. The van der Waals surface area contributed by atoms with Crippen LogP contribution in [0.25, 0.3) is 0 Å². The minimum absolute atomic E-state index is 0.0291. The SMILES string of the molecule is C[C@H]1CCCN1S(=O)(=O)C[C@H](C1CC1)N1C(=O)[C@](C)(CC(=O)O)O[C@H](c2cccc(Cl)c2)[C@H]1c1ccc(Cl)cc1. The number of carbonyl (C=O) groups excluding carboxylic acids is 1. The molecule has 2 aromatic carbocycles. The lowest BCUT2D eigenvalue weighted by Crippen LogP contribution is -2.62. The van der Waals surface area contributed by atoms with Gasteiger partial charge in [0.1, 0.15) is 6.10 Å². The standard InChI is InChI=1S/C29H34Cl2N2O6S/c1-18-5-4-14-32(18)40(37,38)17-24(19-8-9-19)33-26(20-10-12-22(30)13-11-20)27(21-6-3-7-23(31)15-21)39-29(2,28(33)36)16-25(34)35/h3,6-7,10-13,15,18-19,24,26-27H,4-5,8-9,14,16-17H2,1-2H3,(H,34,35)/t18-,24+,26+,27+,29-/m0/s1. The van der Waals surface area contributed by atoms with Gasteiger partial charge in [0.2, 0.25) is 10.0 Å². The van der Waals surface area contributed by atoms with Crippen LogP contribution in [0.15, 0.2) is 48.5 Å². The monoisotopic (exact) mass is 608 g/mol. The predicted molar refractivity (Wildman–Crippen MR) is 153 cm³/mol. The highest BCUT2D eigenvalue weighted by atomic mass is 35.5. The van der Waals surface area contributed by atoms with Gasteiger partial charge in [-0.2, -0.15) is 4.31 Å². The van der Waals surface area contributed by atoms with E-state index in [4.69, 9.17) is 27.9 Å². The van der Waals surface area contributed by atoms with Crippen LogP contribution in [-0.4, -0.2) is 64.6 Å². The lowest BCUT2D eigenvalue weighted by atomic mass is 9.85. The second kappa shape index (κ2) is 11.2. The van der Waals surface area contributed by atoms with Gasteiger partial charge in [-0.3, -0.25) is 9.59 Å². The fourth-order valence-electron chi connectivity index (χ4n) is 6.19. The Morgan fingerprint density at radius 1 is 1.10 bits per heavy atom. The molecule has 0 bridgehead atoms. The Morgan fingerprint density at radius 3 is 2.38 bits per heavy atom. The number of nitrogens with zero attached hydrogens (tertiary/aromatic N) is 2. The van der Waals surface area contributed by atoms with Gasteiger partial charge in [0.15, 0.2) is 5.60 Å². The number of aliphatic carboxylic acids is 1. The van der Waals surface area contributed by atoms with E-state index in [9.17, 15) is 23.1 Å². The molecule has 2 saturated heterocycles. The summed E-state index contributed by atoms with van der Waals surface area (Å²) < 4.78 is 35.6. The van der Waals surface area contributed by atoms with E-state index in [1.807, 2.05) is 13.0 Å². The molecule has 216 valence electrons. The van der Waals surface area contributed by atoms with Crippen LogP contribution < -0.4 is 0 Å². The summed E-state index contributed by atoms with van der Waals surface area (Å²) in [5.74, 6) is -1.98. The van der Waals surface area contributed by atoms with E-state index >= 15 is 0 Å². The first kappa shape index (κ1) is 29.3. The third-order valence-corrected chi connectivity index (χ3v) is 10.8. The Balaban J connectivity index is 1.66. The minimum Gasteiger partial charge on any atom is -0.481 e. The highest BCUT2D eigenvalue weighted by Crippen LogP contribution is 2.50. The normalized spacial score (nSPS) is 28.6. The van der Waals surface area contributed by atoms with E-state index in [2.05, 4.69) is 0 Å². The summed E-state index contributed by atoms with van der Waals surface area (Å²) in [4.78, 5) is 28.0. The van der Waals surface area contributed by atoms with E-state index < -0.39 is 52.1 Å². The lowest BCUT2D eigenvalue weighted by molar-refractivity contribution is -0.206. The van der Waals surface area contributed by atoms with Crippen LogP contribution in [0.5, 0.6) is 0 Å². The highest BCUT2D eigenvalue weighted by molar-refractivity contribution is 7.89. The van der Waals surface area contributed by atoms with Crippen molar-refractivity contribution < 1.29 is 27.9 Å². The lowest BCUT2D eigenvalue weighted by Gasteiger charge is -2.51. The van der Waals surface area contributed by atoms with Crippen molar-refractivity contribution in [3.8, 4) is 0 Å². The van der Waals surface area contributed by atoms with Crippen molar-refractivity contribution in [2.75, 3.05) is 12.3 Å². The zero-order chi connectivity index (χ0) is 28.8. The van der Waals surface area contributed by atoms with Crippen LogP contribution >= 0.6 is 23.2 Å². The number of benzene rings is 2. The first-order chi connectivity index (χ1) is 18.9. The number of sulfonamides is 1. The molecule has 8 nitrogen and oxygen atoms in total. The molecular formula is C29H34Cl2N2O6S. The number of rotatable bonds is 9. The van der Waals surface area contributed by atoms with Gasteiger partial charge in [-0.15, -0.1) is 0 Å². The van der Waals surface area contributed by atoms with Crippen molar-refractivity contribution in [1.29, 1.82) is 0 Å². The Kier molecular flexibility index (Phi) is 8.25. The van der Waals surface area contributed by atoms with Crippen LogP contribution in [0.3, 0.4) is 0 Å². The molecule has 0 spiro atoms. The summed E-state index contributed by atoms with van der Waals surface area (Å²) in [5, 5.41) is 10.8. The van der Waals surface area contributed by atoms with Gasteiger partial charge < -0.3 is 14.7 Å². The van der Waals surface area contributed by atoms with Crippen LogP contribution in [0.4, 0.5) is 0 Å². The van der Waals surface area contributed by atoms with Crippen molar-refractivity contribution in [3.05, 3.63) is 69.7 Å². The van der Waals surface area contributed by atoms with Crippen molar-refractivity contribution in [2.24, 2.45) is 5.92 Å². The molecule has 3 aliphatic rings. The van der Waals surface area contributed by atoms with Gasteiger partial charge in [0.05, 0.1) is 24.3 Å². The second-order valence-corrected chi connectivity index (χ2v) is 14.2. The molecule has 0 aromatic heterocycles. The molecule has 0 unspecified atom stereocenters. The van der Waals surface area contributed by atoms with Gasteiger partial charge >= 0.3 is 5.97 Å². The molecule has 5 atom stereocenters. The Hall–Kier alpha value is -2.17. The van der Waals surface area contributed by atoms with E-state index in [1.54, 1.807) is 51.7 Å². The van der Waals surface area contributed by atoms with E-state index in [-0.39, 0.29) is 17.7 Å². The highest BCUT2D eigenvalue weighted by Gasteiger charge is 2.56. The van der Waals surface area contributed by atoms with Crippen LogP contribution in [0.2, 0.25) is 10.0 Å². The van der Waals surface area contributed by atoms with Crippen molar-refractivity contribution in [2.45, 2.75) is 75.8 Å². The summed E-state index contributed by atoms with van der Waals surface area (Å²) in [7, 11) is -3.71. The summed E-state index contributed by atoms with van der Waals surface area (Å²) in [6.07, 6.45) is 1.78. The Morgan fingerprint density at radius 2 is 1.80 bits per heavy atom. The second-order valence-electron chi connectivity index (χ2n) is 11.4. The van der Waals surface area contributed by atoms with Gasteiger partial charge in [0, 0.05) is 22.6 Å². The number of hydrogen-bond donors (Lipinski definition) is 1. The average molecular weight is 610 g/mol. The molecular weight excluding hydrogens is 575 g/mol. The van der Waals surface area contributed by atoms with E-state index in [0.29, 0.717) is 27.7 Å². The third-order valence-electron chi connectivity index (χ3n) is 8.29. The number of carboxylic acids is 1. The maximum Gasteiger partial charge on any atom is 0.306 e. The Labute approximate surface area is 245 Å². The molecule has 1 amide bonds. The molecule has 1 saturated carbocycles. The number of morpholine rings is 1. The number of carboxylic acid groups (broad SMARTS) is 1. The fourth-order valence-corrected chi connectivity index (χ4v) is 8.63.